The SMILES string of the molecule is CC(C)(C)OC(=O)N1CCC2(CC(CN)OC2=O)C1. The summed E-state index contributed by atoms with van der Waals surface area (Å²) in [4.78, 5) is 25.5. The number of hydrogen-bond acceptors (Lipinski definition) is 5. The summed E-state index contributed by atoms with van der Waals surface area (Å²) in [7, 11) is 0. The van der Waals surface area contributed by atoms with Crippen LogP contribution < -0.4 is 5.73 Å². The predicted molar refractivity (Wildman–Crippen MR) is 68.4 cm³/mol. The van der Waals surface area contributed by atoms with E-state index in [4.69, 9.17) is 15.2 Å². The quantitative estimate of drug-likeness (QED) is 0.715. The molecule has 6 heteroatoms. The van der Waals surface area contributed by atoms with E-state index < -0.39 is 11.0 Å². The van der Waals surface area contributed by atoms with Gasteiger partial charge in [0.15, 0.2) is 0 Å². The number of rotatable bonds is 1. The molecule has 2 heterocycles. The number of nitrogens with two attached hydrogens (primary N) is 1. The first-order valence-electron chi connectivity index (χ1n) is 6.65. The highest BCUT2D eigenvalue weighted by atomic mass is 16.6. The van der Waals surface area contributed by atoms with Crippen LogP contribution in [0.3, 0.4) is 0 Å². The van der Waals surface area contributed by atoms with E-state index in [1.165, 1.54) is 0 Å². The summed E-state index contributed by atoms with van der Waals surface area (Å²) in [5, 5.41) is 0. The topological polar surface area (TPSA) is 81.9 Å². The van der Waals surface area contributed by atoms with Crippen LogP contribution in [0.2, 0.25) is 0 Å². The minimum Gasteiger partial charge on any atom is -0.461 e. The molecular formula is C13H22N2O4. The van der Waals surface area contributed by atoms with Crippen molar-refractivity contribution in [3.8, 4) is 0 Å². The Morgan fingerprint density at radius 3 is 2.79 bits per heavy atom. The van der Waals surface area contributed by atoms with Crippen molar-refractivity contribution in [3.63, 3.8) is 0 Å². The van der Waals surface area contributed by atoms with Gasteiger partial charge in [0.05, 0.1) is 5.41 Å². The molecule has 1 amide bonds. The largest absolute Gasteiger partial charge is 0.461 e. The van der Waals surface area contributed by atoms with E-state index in [1.54, 1.807) is 4.90 Å². The van der Waals surface area contributed by atoms with Crippen molar-refractivity contribution in [1.82, 2.24) is 4.90 Å². The molecule has 6 nitrogen and oxygen atoms in total. The number of hydrogen-bond donors (Lipinski definition) is 1. The number of amides is 1. The lowest BCUT2D eigenvalue weighted by atomic mass is 9.84. The van der Waals surface area contributed by atoms with Crippen LogP contribution in [0.5, 0.6) is 0 Å². The Kier molecular flexibility index (Phi) is 3.47. The van der Waals surface area contributed by atoms with Gasteiger partial charge in [-0.3, -0.25) is 4.79 Å². The molecule has 19 heavy (non-hydrogen) atoms. The van der Waals surface area contributed by atoms with Crippen LogP contribution in [0.4, 0.5) is 4.79 Å². The second-order valence-electron chi connectivity index (χ2n) is 6.40. The first-order valence-corrected chi connectivity index (χ1v) is 6.65. The van der Waals surface area contributed by atoms with E-state index in [1.807, 2.05) is 20.8 Å². The van der Waals surface area contributed by atoms with Crippen LogP contribution in [-0.4, -0.2) is 48.3 Å². The smallest absolute Gasteiger partial charge is 0.410 e. The number of likely N-dealkylation sites (tertiary alicyclic amines) is 1. The highest BCUT2D eigenvalue weighted by molar-refractivity contribution is 5.81. The van der Waals surface area contributed by atoms with E-state index in [2.05, 4.69) is 0 Å². The molecule has 2 N–H and O–H groups in total. The van der Waals surface area contributed by atoms with Gasteiger partial charge in [0, 0.05) is 26.1 Å². The molecule has 2 saturated heterocycles. The Morgan fingerprint density at radius 1 is 1.58 bits per heavy atom. The second kappa shape index (κ2) is 4.67. The zero-order valence-corrected chi connectivity index (χ0v) is 11.8. The lowest BCUT2D eigenvalue weighted by Crippen LogP contribution is -2.38. The highest BCUT2D eigenvalue weighted by Crippen LogP contribution is 2.42. The van der Waals surface area contributed by atoms with E-state index in [0.29, 0.717) is 32.5 Å². The van der Waals surface area contributed by atoms with Crippen molar-refractivity contribution in [3.05, 3.63) is 0 Å². The van der Waals surface area contributed by atoms with Crippen molar-refractivity contribution < 1.29 is 19.1 Å². The van der Waals surface area contributed by atoms with E-state index in [0.717, 1.165) is 0 Å². The van der Waals surface area contributed by atoms with E-state index in [9.17, 15) is 9.59 Å². The molecule has 0 saturated carbocycles. The Hall–Kier alpha value is -1.30. The molecule has 2 rings (SSSR count). The van der Waals surface area contributed by atoms with Gasteiger partial charge >= 0.3 is 12.1 Å². The predicted octanol–water partition coefficient (Wildman–Crippen LogP) is 0.888. The Balaban J connectivity index is 2.00. The molecule has 2 fully saturated rings. The maximum atomic E-state index is 12.0. The molecular weight excluding hydrogens is 248 g/mol. The van der Waals surface area contributed by atoms with Gasteiger partial charge in [-0.25, -0.2) is 4.79 Å². The number of nitrogens with zero attached hydrogens (tertiary/aromatic N) is 1. The van der Waals surface area contributed by atoms with Gasteiger partial charge in [-0.2, -0.15) is 0 Å². The van der Waals surface area contributed by atoms with Crippen LogP contribution in [0.1, 0.15) is 33.6 Å². The van der Waals surface area contributed by atoms with Crippen molar-refractivity contribution in [2.75, 3.05) is 19.6 Å². The third kappa shape index (κ3) is 2.83. The van der Waals surface area contributed by atoms with Crippen molar-refractivity contribution in [2.45, 2.75) is 45.3 Å². The number of esters is 1. The van der Waals surface area contributed by atoms with Crippen molar-refractivity contribution >= 4 is 12.1 Å². The normalized spacial score (nSPS) is 30.8. The molecule has 0 aromatic heterocycles. The molecule has 1 spiro atoms. The van der Waals surface area contributed by atoms with E-state index in [-0.39, 0.29) is 18.2 Å². The van der Waals surface area contributed by atoms with Crippen molar-refractivity contribution in [2.24, 2.45) is 11.1 Å². The molecule has 0 aliphatic carbocycles. The summed E-state index contributed by atoms with van der Waals surface area (Å²) in [5.74, 6) is -0.228. The van der Waals surface area contributed by atoms with Crippen LogP contribution in [0.15, 0.2) is 0 Å². The summed E-state index contributed by atoms with van der Waals surface area (Å²) in [6.45, 7) is 6.71. The third-order valence-electron chi connectivity index (χ3n) is 3.59. The minimum absolute atomic E-state index is 0.217. The summed E-state index contributed by atoms with van der Waals surface area (Å²) in [5.41, 5.74) is 4.45. The number of ether oxygens (including phenoxy) is 2. The van der Waals surface area contributed by atoms with Gasteiger partial charge in [0.2, 0.25) is 0 Å². The lowest BCUT2D eigenvalue weighted by molar-refractivity contribution is -0.148. The summed E-state index contributed by atoms with van der Waals surface area (Å²) in [6, 6.07) is 0. The molecule has 0 aromatic rings. The Labute approximate surface area is 113 Å². The fourth-order valence-electron chi connectivity index (χ4n) is 2.66. The molecule has 108 valence electrons. The summed E-state index contributed by atoms with van der Waals surface area (Å²) >= 11 is 0. The Morgan fingerprint density at radius 2 is 2.26 bits per heavy atom. The van der Waals surface area contributed by atoms with Crippen LogP contribution in [0.25, 0.3) is 0 Å². The third-order valence-corrected chi connectivity index (χ3v) is 3.59. The molecule has 2 unspecified atom stereocenters. The number of carbonyl (C=O) groups is 2. The van der Waals surface area contributed by atoms with Gasteiger partial charge in [0.25, 0.3) is 0 Å². The summed E-state index contributed by atoms with van der Waals surface area (Å²) < 4.78 is 10.6. The first-order chi connectivity index (χ1) is 8.76. The molecule has 0 aromatic carbocycles. The second-order valence-corrected chi connectivity index (χ2v) is 6.40. The number of carbonyl (C=O) groups excluding carboxylic acids is 2. The zero-order valence-electron chi connectivity index (χ0n) is 11.8. The standard InChI is InChI=1S/C13H22N2O4/c1-12(2,3)19-11(17)15-5-4-13(8-15)6-9(7-14)18-10(13)16/h9H,4-8,14H2,1-3H3. The van der Waals surface area contributed by atoms with Crippen LogP contribution >= 0.6 is 0 Å². The van der Waals surface area contributed by atoms with E-state index >= 15 is 0 Å². The molecule has 2 atom stereocenters. The maximum Gasteiger partial charge on any atom is 0.410 e. The fraction of sp³-hybridized carbons (Fsp3) is 0.846. The molecule has 2 aliphatic heterocycles. The maximum absolute atomic E-state index is 12.0. The lowest BCUT2D eigenvalue weighted by Gasteiger charge is -2.25. The van der Waals surface area contributed by atoms with Gasteiger partial charge in [0.1, 0.15) is 11.7 Å². The highest BCUT2D eigenvalue weighted by Gasteiger charge is 2.53. The van der Waals surface area contributed by atoms with Gasteiger partial charge in [-0.15, -0.1) is 0 Å². The van der Waals surface area contributed by atoms with Gasteiger partial charge in [-0.1, -0.05) is 0 Å². The molecule has 0 bridgehead atoms. The zero-order chi connectivity index (χ0) is 14.3. The fourth-order valence-corrected chi connectivity index (χ4v) is 2.66. The Bertz CT molecular complexity index is 391. The van der Waals surface area contributed by atoms with Crippen molar-refractivity contribution in [1.29, 1.82) is 0 Å². The van der Waals surface area contributed by atoms with Crippen LogP contribution in [0, 0.1) is 5.41 Å². The first kappa shape index (κ1) is 14.1. The number of cyclic esters (lactones) is 1. The van der Waals surface area contributed by atoms with Gasteiger partial charge < -0.3 is 20.1 Å². The average Bonchev–Trinajstić information content (AvgIpc) is 2.83. The minimum atomic E-state index is -0.569. The molecule has 0 radical (unpaired) electrons. The molecule has 2 aliphatic rings. The average molecular weight is 270 g/mol. The summed E-state index contributed by atoms with van der Waals surface area (Å²) in [6.07, 6.45) is 0.642. The van der Waals surface area contributed by atoms with Gasteiger partial charge in [-0.05, 0) is 27.2 Å². The van der Waals surface area contributed by atoms with Crippen LogP contribution in [-0.2, 0) is 14.3 Å². The monoisotopic (exact) mass is 270 g/mol.